The lowest BCUT2D eigenvalue weighted by Crippen LogP contribution is -2.09. The number of esters is 1. The summed E-state index contributed by atoms with van der Waals surface area (Å²) in [5.74, 6) is -0.433. The lowest BCUT2D eigenvalue weighted by atomic mass is 10.3. The normalized spacial score (nSPS) is 12.1. The van der Waals surface area contributed by atoms with E-state index in [-0.39, 0.29) is 11.3 Å². The van der Waals surface area contributed by atoms with E-state index in [4.69, 9.17) is 16.3 Å². The van der Waals surface area contributed by atoms with E-state index in [1.54, 1.807) is 19.2 Å². The number of carbonyl (C=O) groups is 1. The van der Waals surface area contributed by atoms with Crippen molar-refractivity contribution in [3.8, 4) is 0 Å². The van der Waals surface area contributed by atoms with E-state index in [2.05, 4.69) is 9.97 Å². The first kappa shape index (κ1) is 12.0. The van der Waals surface area contributed by atoms with Gasteiger partial charge < -0.3 is 4.74 Å². The number of thiazole rings is 1. The van der Waals surface area contributed by atoms with Crippen LogP contribution in [0.3, 0.4) is 0 Å². The zero-order valence-corrected chi connectivity index (χ0v) is 10.5. The molecule has 88 valence electrons. The van der Waals surface area contributed by atoms with E-state index in [1.807, 2.05) is 5.38 Å². The number of aromatic nitrogens is 2. The van der Waals surface area contributed by atoms with Crippen LogP contribution in [0.1, 0.15) is 28.4 Å². The second kappa shape index (κ2) is 5.25. The van der Waals surface area contributed by atoms with Crippen molar-refractivity contribution in [2.75, 3.05) is 0 Å². The summed E-state index contributed by atoms with van der Waals surface area (Å²) in [7, 11) is 0. The average Bonchev–Trinajstić information content (AvgIpc) is 2.82. The van der Waals surface area contributed by atoms with Gasteiger partial charge in [-0.1, -0.05) is 11.6 Å². The van der Waals surface area contributed by atoms with Gasteiger partial charge >= 0.3 is 5.97 Å². The van der Waals surface area contributed by atoms with E-state index in [0.29, 0.717) is 5.56 Å². The molecule has 0 bridgehead atoms. The van der Waals surface area contributed by atoms with Gasteiger partial charge in [0.2, 0.25) is 0 Å². The number of rotatable bonds is 3. The highest BCUT2D eigenvalue weighted by molar-refractivity contribution is 7.09. The number of hydrogen-bond donors (Lipinski definition) is 0. The summed E-state index contributed by atoms with van der Waals surface area (Å²) in [6.45, 7) is 1.78. The van der Waals surface area contributed by atoms with Crippen molar-refractivity contribution >= 4 is 28.9 Å². The summed E-state index contributed by atoms with van der Waals surface area (Å²) < 4.78 is 5.26. The summed E-state index contributed by atoms with van der Waals surface area (Å²) in [6.07, 6.45) is 2.77. The molecular weight excluding hydrogens is 260 g/mol. The fourth-order valence-corrected chi connectivity index (χ4v) is 2.04. The van der Waals surface area contributed by atoms with Crippen LogP contribution in [-0.2, 0) is 4.74 Å². The van der Waals surface area contributed by atoms with Crippen molar-refractivity contribution in [2.45, 2.75) is 13.0 Å². The largest absolute Gasteiger partial charge is 0.452 e. The highest BCUT2D eigenvalue weighted by Gasteiger charge is 2.15. The Kier molecular flexibility index (Phi) is 3.71. The van der Waals surface area contributed by atoms with Crippen molar-refractivity contribution in [3.05, 3.63) is 45.6 Å². The predicted molar refractivity (Wildman–Crippen MR) is 65.2 cm³/mol. The zero-order valence-electron chi connectivity index (χ0n) is 8.96. The second-order valence-electron chi connectivity index (χ2n) is 3.29. The van der Waals surface area contributed by atoms with Crippen LogP contribution in [-0.4, -0.2) is 15.9 Å². The zero-order chi connectivity index (χ0) is 12.3. The van der Waals surface area contributed by atoms with E-state index in [9.17, 15) is 4.79 Å². The van der Waals surface area contributed by atoms with Gasteiger partial charge in [0.05, 0.1) is 5.56 Å². The van der Waals surface area contributed by atoms with Gasteiger partial charge in [-0.05, 0) is 19.1 Å². The maximum Gasteiger partial charge on any atom is 0.338 e. The molecule has 2 heterocycles. The van der Waals surface area contributed by atoms with E-state index in [0.717, 1.165) is 5.01 Å². The molecule has 2 rings (SSSR count). The predicted octanol–water partition coefficient (Wildman–Crippen LogP) is 3.11. The average molecular weight is 269 g/mol. The molecule has 0 saturated carbocycles. The van der Waals surface area contributed by atoms with Crippen LogP contribution in [0.15, 0.2) is 29.9 Å². The van der Waals surface area contributed by atoms with Gasteiger partial charge in [-0.2, -0.15) is 0 Å². The first-order chi connectivity index (χ1) is 8.16. The minimum atomic E-state index is -0.433. The van der Waals surface area contributed by atoms with Crippen molar-refractivity contribution < 1.29 is 9.53 Å². The van der Waals surface area contributed by atoms with E-state index < -0.39 is 5.97 Å². The minimum Gasteiger partial charge on any atom is -0.452 e. The molecule has 0 aliphatic carbocycles. The second-order valence-corrected chi connectivity index (χ2v) is 4.60. The molecule has 0 unspecified atom stereocenters. The van der Waals surface area contributed by atoms with Crippen LogP contribution < -0.4 is 0 Å². The molecule has 1 atom stereocenters. The number of halogens is 1. The van der Waals surface area contributed by atoms with Gasteiger partial charge in [-0.15, -0.1) is 11.3 Å². The van der Waals surface area contributed by atoms with Gasteiger partial charge in [0.25, 0.3) is 0 Å². The van der Waals surface area contributed by atoms with Crippen LogP contribution >= 0.6 is 22.9 Å². The molecular formula is C11H9ClN2O2S. The van der Waals surface area contributed by atoms with Gasteiger partial charge in [-0.25, -0.2) is 14.8 Å². The molecule has 0 aromatic carbocycles. The number of ether oxygens (including phenoxy) is 1. The Balaban J connectivity index is 2.07. The van der Waals surface area contributed by atoms with Gasteiger partial charge in [0.1, 0.15) is 10.2 Å². The Hall–Kier alpha value is -1.46. The Morgan fingerprint density at radius 1 is 1.47 bits per heavy atom. The van der Waals surface area contributed by atoms with Crippen molar-refractivity contribution in [1.29, 1.82) is 0 Å². The summed E-state index contributed by atoms with van der Waals surface area (Å²) in [5, 5.41) is 2.86. The molecule has 0 fully saturated rings. The maximum absolute atomic E-state index is 11.8. The van der Waals surface area contributed by atoms with Crippen molar-refractivity contribution in [1.82, 2.24) is 9.97 Å². The maximum atomic E-state index is 11.8. The SMILES string of the molecule is C[C@H](OC(=O)c1ccnc(Cl)c1)c1nccs1. The van der Waals surface area contributed by atoms with Crippen LogP contribution in [0.25, 0.3) is 0 Å². The first-order valence-electron chi connectivity index (χ1n) is 4.89. The number of pyridine rings is 1. The molecule has 2 aromatic rings. The van der Waals surface area contributed by atoms with Crippen LogP contribution in [0.4, 0.5) is 0 Å². The molecule has 17 heavy (non-hydrogen) atoms. The summed E-state index contributed by atoms with van der Waals surface area (Å²) in [5.41, 5.74) is 0.383. The third-order valence-electron chi connectivity index (χ3n) is 2.05. The summed E-state index contributed by atoms with van der Waals surface area (Å²) in [6, 6.07) is 3.03. The van der Waals surface area contributed by atoms with Gasteiger partial charge in [0.15, 0.2) is 6.10 Å². The molecule has 0 radical (unpaired) electrons. The van der Waals surface area contributed by atoms with Crippen molar-refractivity contribution in [2.24, 2.45) is 0 Å². The minimum absolute atomic E-state index is 0.265. The van der Waals surface area contributed by atoms with Crippen molar-refractivity contribution in [3.63, 3.8) is 0 Å². The fourth-order valence-electron chi connectivity index (χ4n) is 1.24. The number of hydrogen-bond acceptors (Lipinski definition) is 5. The van der Waals surface area contributed by atoms with Gasteiger partial charge in [0, 0.05) is 17.8 Å². The molecule has 0 amide bonds. The Bertz CT molecular complexity index is 516. The molecule has 0 spiro atoms. The lowest BCUT2D eigenvalue weighted by molar-refractivity contribution is 0.0337. The summed E-state index contributed by atoms with van der Waals surface area (Å²) in [4.78, 5) is 19.7. The highest BCUT2D eigenvalue weighted by atomic mass is 35.5. The molecule has 4 nitrogen and oxygen atoms in total. The van der Waals surface area contributed by atoms with E-state index in [1.165, 1.54) is 23.6 Å². The molecule has 0 N–H and O–H groups in total. The standard InChI is InChI=1S/C11H9ClN2O2S/c1-7(10-14-4-5-17-10)16-11(15)8-2-3-13-9(12)6-8/h2-7H,1H3/t7-/m0/s1. The molecule has 0 aliphatic rings. The monoisotopic (exact) mass is 268 g/mol. The number of carbonyl (C=O) groups excluding carboxylic acids is 1. The third kappa shape index (κ3) is 3.01. The van der Waals surface area contributed by atoms with Gasteiger partial charge in [-0.3, -0.25) is 0 Å². The topological polar surface area (TPSA) is 52.1 Å². The van der Waals surface area contributed by atoms with Crippen LogP contribution in [0, 0.1) is 0 Å². The Morgan fingerprint density at radius 2 is 2.29 bits per heavy atom. The molecule has 0 aliphatic heterocycles. The quantitative estimate of drug-likeness (QED) is 0.634. The molecule has 0 saturated heterocycles. The number of nitrogens with zero attached hydrogens (tertiary/aromatic N) is 2. The lowest BCUT2D eigenvalue weighted by Gasteiger charge is -2.10. The smallest absolute Gasteiger partial charge is 0.338 e. The highest BCUT2D eigenvalue weighted by Crippen LogP contribution is 2.20. The Morgan fingerprint density at radius 3 is 2.94 bits per heavy atom. The molecule has 6 heteroatoms. The first-order valence-corrected chi connectivity index (χ1v) is 6.14. The van der Waals surface area contributed by atoms with Crippen LogP contribution in [0.5, 0.6) is 0 Å². The van der Waals surface area contributed by atoms with E-state index >= 15 is 0 Å². The fraction of sp³-hybridized carbons (Fsp3) is 0.182. The molecule has 2 aromatic heterocycles. The van der Waals surface area contributed by atoms with Crippen LogP contribution in [0.2, 0.25) is 5.15 Å². The third-order valence-corrected chi connectivity index (χ3v) is 3.19. The summed E-state index contributed by atoms with van der Waals surface area (Å²) >= 11 is 7.14. The Labute approximate surface area is 107 Å².